The van der Waals surface area contributed by atoms with E-state index in [-0.39, 0.29) is 0 Å². The lowest BCUT2D eigenvalue weighted by molar-refractivity contribution is -0.0573. The van der Waals surface area contributed by atoms with Crippen LogP contribution in [-0.2, 0) is 11.8 Å². The molecule has 0 N–H and O–H groups in total. The van der Waals surface area contributed by atoms with Crippen LogP contribution in [0.25, 0.3) is 0 Å². The standard InChI is InChI=1S/C11H17N3O/c1-13-11(2-4-12-13)9-3-5-14(6-9)10-7-15-8-10/h2,4,9-10H,3,5-8H2,1H3. The maximum absolute atomic E-state index is 5.24. The molecule has 0 radical (unpaired) electrons. The largest absolute Gasteiger partial charge is 0.378 e. The minimum Gasteiger partial charge on any atom is -0.378 e. The Morgan fingerprint density at radius 1 is 1.47 bits per heavy atom. The fourth-order valence-corrected chi connectivity index (χ4v) is 2.58. The van der Waals surface area contributed by atoms with E-state index in [4.69, 9.17) is 4.74 Å². The minimum absolute atomic E-state index is 0.665. The zero-order valence-corrected chi connectivity index (χ0v) is 9.09. The summed E-state index contributed by atoms with van der Waals surface area (Å²) >= 11 is 0. The third kappa shape index (κ3) is 1.58. The summed E-state index contributed by atoms with van der Waals surface area (Å²) in [5, 5.41) is 4.24. The number of hydrogen-bond acceptors (Lipinski definition) is 3. The predicted molar refractivity (Wildman–Crippen MR) is 56.7 cm³/mol. The van der Waals surface area contributed by atoms with E-state index in [9.17, 15) is 0 Å². The third-order valence-electron chi connectivity index (χ3n) is 3.63. The number of aryl methyl sites for hydroxylation is 1. The average molecular weight is 207 g/mol. The molecule has 1 unspecified atom stereocenters. The van der Waals surface area contributed by atoms with Gasteiger partial charge in [0, 0.05) is 31.4 Å². The number of ether oxygens (including phenoxy) is 1. The molecule has 0 amide bonds. The fourth-order valence-electron chi connectivity index (χ4n) is 2.58. The SMILES string of the molecule is Cn1nccc1C1CCN(C2COC2)C1. The van der Waals surface area contributed by atoms with E-state index >= 15 is 0 Å². The molecule has 2 fully saturated rings. The molecule has 0 aromatic carbocycles. The Morgan fingerprint density at radius 2 is 2.33 bits per heavy atom. The van der Waals surface area contributed by atoms with E-state index in [2.05, 4.69) is 16.1 Å². The quantitative estimate of drug-likeness (QED) is 0.711. The Bertz CT molecular complexity index is 345. The van der Waals surface area contributed by atoms with Gasteiger partial charge in [-0.25, -0.2) is 0 Å². The second-order valence-corrected chi connectivity index (χ2v) is 4.55. The molecule has 4 nitrogen and oxygen atoms in total. The first-order chi connectivity index (χ1) is 7.34. The first-order valence-electron chi connectivity index (χ1n) is 5.64. The lowest BCUT2D eigenvalue weighted by atomic mass is 10.1. The summed E-state index contributed by atoms with van der Waals surface area (Å²) in [6.07, 6.45) is 3.15. The van der Waals surface area contributed by atoms with Crippen molar-refractivity contribution in [2.24, 2.45) is 7.05 Å². The molecule has 15 heavy (non-hydrogen) atoms. The lowest BCUT2D eigenvalue weighted by Crippen LogP contribution is -2.47. The molecule has 4 heteroatoms. The molecule has 82 valence electrons. The molecule has 0 saturated carbocycles. The van der Waals surface area contributed by atoms with Crippen LogP contribution in [0.3, 0.4) is 0 Å². The molecular weight excluding hydrogens is 190 g/mol. The van der Waals surface area contributed by atoms with Gasteiger partial charge in [0.05, 0.1) is 19.3 Å². The van der Waals surface area contributed by atoms with Gasteiger partial charge in [0.25, 0.3) is 0 Å². The van der Waals surface area contributed by atoms with Crippen molar-refractivity contribution in [2.75, 3.05) is 26.3 Å². The van der Waals surface area contributed by atoms with Crippen LogP contribution in [0.1, 0.15) is 18.0 Å². The van der Waals surface area contributed by atoms with Crippen molar-refractivity contribution in [1.29, 1.82) is 0 Å². The zero-order chi connectivity index (χ0) is 10.3. The van der Waals surface area contributed by atoms with Crippen molar-refractivity contribution in [1.82, 2.24) is 14.7 Å². The fraction of sp³-hybridized carbons (Fsp3) is 0.727. The predicted octanol–water partition coefficient (Wildman–Crippen LogP) is 0.608. The molecule has 2 aliphatic heterocycles. The first kappa shape index (κ1) is 9.36. The van der Waals surface area contributed by atoms with Gasteiger partial charge in [-0.2, -0.15) is 5.10 Å². The van der Waals surface area contributed by atoms with Gasteiger partial charge in [-0.05, 0) is 19.0 Å². The third-order valence-corrected chi connectivity index (χ3v) is 3.63. The number of aromatic nitrogens is 2. The smallest absolute Gasteiger partial charge is 0.0645 e. The summed E-state index contributed by atoms with van der Waals surface area (Å²) in [6.45, 7) is 4.24. The van der Waals surface area contributed by atoms with Gasteiger partial charge in [-0.3, -0.25) is 9.58 Å². The van der Waals surface area contributed by atoms with Crippen molar-refractivity contribution < 1.29 is 4.74 Å². The highest BCUT2D eigenvalue weighted by Crippen LogP contribution is 2.29. The van der Waals surface area contributed by atoms with E-state index in [1.807, 2.05) is 17.9 Å². The van der Waals surface area contributed by atoms with Crippen LogP contribution in [0, 0.1) is 0 Å². The van der Waals surface area contributed by atoms with Crippen LogP contribution in [0.2, 0.25) is 0 Å². The van der Waals surface area contributed by atoms with Crippen molar-refractivity contribution in [3.8, 4) is 0 Å². The summed E-state index contributed by atoms with van der Waals surface area (Å²) in [7, 11) is 2.03. The van der Waals surface area contributed by atoms with Gasteiger partial charge in [-0.15, -0.1) is 0 Å². The van der Waals surface area contributed by atoms with Crippen LogP contribution in [-0.4, -0.2) is 47.0 Å². The number of rotatable bonds is 2. The van der Waals surface area contributed by atoms with Crippen molar-refractivity contribution in [3.63, 3.8) is 0 Å². The van der Waals surface area contributed by atoms with Crippen LogP contribution >= 0.6 is 0 Å². The Hall–Kier alpha value is -0.870. The van der Waals surface area contributed by atoms with Crippen LogP contribution < -0.4 is 0 Å². The van der Waals surface area contributed by atoms with Gasteiger partial charge in [-0.1, -0.05) is 0 Å². The molecule has 0 bridgehead atoms. The molecule has 2 aliphatic rings. The summed E-state index contributed by atoms with van der Waals surface area (Å²) in [4.78, 5) is 2.56. The molecule has 1 aromatic heterocycles. The van der Waals surface area contributed by atoms with E-state index in [0.717, 1.165) is 13.2 Å². The second kappa shape index (κ2) is 3.61. The minimum atomic E-state index is 0.665. The van der Waals surface area contributed by atoms with E-state index < -0.39 is 0 Å². The number of nitrogens with zero attached hydrogens (tertiary/aromatic N) is 3. The Balaban J connectivity index is 1.68. The van der Waals surface area contributed by atoms with Gasteiger partial charge in [0.15, 0.2) is 0 Å². The zero-order valence-electron chi connectivity index (χ0n) is 9.09. The van der Waals surface area contributed by atoms with Crippen LogP contribution in [0.4, 0.5) is 0 Å². The van der Waals surface area contributed by atoms with Crippen LogP contribution in [0.15, 0.2) is 12.3 Å². The molecule has 3 rings (SSSR count). The summed E-state index contributed by atoms with van der Waals surface area (Å²) < 4.78 is 7.24. The molecule has 1 atom stereocenters. The molecular formula is C11H17N3O. The van der Waals surface area contributed by atoms with E-state index in [1.54, 1.807) is 0 Å². The summed E-state index contributed by atoms with van der Waals surface area (Å²) in [6, 6.07) is 2.83. The lowest BCUT2D eigenvalue weighted by Gasteiger charge is -2.34. The van der Waals surface area contributed by atoms with Gasteiger partial charge in [0.2, 0.25) is 0 Å². The van der Waals surface area contributed by atoms with Crippen molar-refractivity contribution in [2.45, 2.75) is 18.4 Å². The average Bonchev–Trinajstić information content (AvgIpc) is 2.70. The van der Waals surface area contributed by atoms with Crippen molar-refractivity contribution in [3.05, 3.63) is 18.0 Å². The monoisotopic (exact) mass is 207 g/mol. The molecule has 2 saturated heterocycles. The number of likely N-dealkylation sites (tertiary alicyclic amines) is 1. The van der Waals surface area contributed by atoms with Gasteiger partial charge in [0.1, 0.15) is 0 Å². The molecule has 3 heterocycles. The highest BCUT2D eigenvalue weighted by Gasteiger charge is 2.33. The number of hydrogen-bond donors (Lipinski definition) is 0. The Kier molecular flexibility index (Phi) is 2.25. The molecule has 0 aliphatic carbocycles. The Labute approximate surface area is 89.8 Å². The first-order valence-corrected chi connectivity index (χ1v) is 5.64. The highest BCUT2D eigenvalue weighted by atomic mass is 16.5. The normalized spacial score (nSPS) is 28.2. The van der Waals surface area contributed by atoms with E-state index in [1.165, 1.54) is 25.2 Å². The topological polar surface area (TPSA) is 30.3 Å². The highest BCUT2D eigenvalue weighted by molar-refractivity contribution is 5.11. The Morgan fingerprint density at radius 3 is 2.93 bits per heavy atom. The van der Waals surface area contributed by atoms with Crippen molar-refractivity contribution >= 4 is 0 Å². The maximum Gasteiger partial charge on any atom is 0.0645 e. The van der Waals surface area contributed by atoms with Crippen LogP contribution in [0.5, 0.6) is 0 Å². The molecule has 1 aromatic rings. The summed E-state index contributed by atoms with van der Waals surface area (Å²) in [5.74, 6) is 0.665. The maximum atomic E-state index is 5.24. The molecule has 0 spiro atoms. The summed E-state index contributed by atoms with van der Waals surface area (Å²) in [5.41, 5.74) is 1.37. The van der Waals surface area contributed by atoms with Gasteiger partial charge >= 0.3 is 0 Å². The van der Waals surface area contributed by atoms with E-state index in [0.29, 0.717) is 12.0 Å². The second-order valence-electron chi connectivity index (χ2n) is 4.55. The van der Waals surface area contributed by atoms with Gasteiger partial charge < -0.3 is 4.74 Å².